The number of hydrazine groups is 2. The van der Waals surface area contributed by atoms with E-state index in [0.717, 1.165) is 11.4 Å². The van der Waals surface area contributed by atoms with Crippen LogP contribution in [0.2, 0.25) is 0 Å². The molecule has 12 heteroatoms. The number of nitrogens with one attached hydrogen (secondary N) is 4. The van der Waals surface area contributed by atoms with E-state index in [1.165, 1.54) is 13.1 Å². The number of aromatic nitrogens is 1. The zero-order valence-corrected chi connectivity index (χ0v) is 21.4. The number of carbonyl (C=O) groups excluding carboxylic acids is 2. The predicted octanol–water partition coefficient (Wildman–Crippen LogP) is 3.13. The van der Waals surface area contributed by atoms with Gasteiger partial charge in [-0.3, -0.25) is 20.0 Å². The largest absolute Gasteiger partial charge is 0.349 e. The van der Waals surface area contributed by atoms with Crippen molar-refractivity contribution in [3.05, 3.63) is 84.2 Å². The lowest BCUT2D eigenvalue weighted by Gasteiger charge is -2.21. The molecule has 1 aliphatic rings. The van der Waals surface area contributed by atoms with E-state index in [1.54, 1.807) is 46.6 Å². The third-order valence-corrected chi connectivity index (χ3v) is 5.55. The molecule has 0 bridgehead atoms. The highest BCUT2D eigenvalue weighted by Gasteiger charge is 2.25. The summed E-state index contributed by atoms with van der Waals surface area (Å²) in [5.41, 5.74) is 6.19. The maximum atomic E-state index is 12.7. The van der Waals surface area contributed by atoms with Crippen LogP contribution in [0.5, 0.6) is 0 Å². The van der Waals surface area contributed by atoms with Gasteiger partial charge in [-0.25, -0.2) is 5.12 Å². The highest BCUT2D eigenvalue weighted by molar-refractivity contribution is 5.93. The third-order valence-electron chi connectivity index (χ3n) is 5.55. The summed E-state index contributed by atoms with van der Waals surface area (Å²) in [5, 5.41) is 25.5. The summed E-state index contributed by atoms with van der Waals surface area (Å²) in [6.07, 6.45) is 1.51. The van der Waals surface area contributed by atoms with Crippen LogP contribution in [0, 0.1) is 0 Å². The molecule has 1 aromatic heterocycles. The first-order chi connectivity index (χ1) is 18.4. The van der Waals surface area contributed by atoms with E-state index in [-0.39, 0.29) is 23.6 Å². The van der Waals surface area contributed by atoms with Crippen molar-refractivity contribution in [2.45, 2.75) is 13.0 Å². The number of anilines is 1. The van der Waals surface area contributed by atoms with E-state index in [1.807, 2.05) is 44.4 Å². The number of azo groups is 1. The Morgan fingerprint density at radius 1 is 0.974 bits per heavy atom. The van der Waals surface area contributed by atoms with E-state index in [9.17, 15) is 9.59 Å². The van der Waals surface area contributed by atoms with Crippen molar-refractivity contribution in [1.82, 2.24) is 31.3 Å². The number of rotatable bonds is 10. The molecular formula is C26H30N10O2. The molecule has 1 unspecified atom stereocenters. The molecule has 38 heavy (non-hydrogen) atoms. The lowest BCUT2D eigenvalue weighted by atomic mass is 10.1. The molecule has 0 radical (unpaired) electrons. The molecule has 12 nitrogen and oxygen atoms in total. The van der Waals surface area contributed by atoms with Crippen LogP contribution in [0.4, 0.5) is 17.1 Å². The first-order valence-corrected chi connectivity index (χ1v) is 12.0. The van der Waals surface area contributed by atoms with Gasteiger partial charge in [-0.2, -0.15) is 10.2 Å². The molecule has 0 fully saturated rings. The SMILES string of the molecule is CC(=O)Nc1cccc(N=Nc2ccnc(C(=O)NCCNC(C3=NN(C)N(C)N3)c3ccccc3)c2)c1. The zero-order valence-electron chi connectivity index (χ0n) is 21.4. The minimum absolute atomic E-state index is 0.168. The Morgan fingerprint density at radius 3 is 2.45 bits per heavy atom. The van der Waals surface area contributed by atoms with Crippen LogP contribution >= 0.6 is 0 Å². The molecule has 2 amide bonds. The molecule has 0 saturated carbocycles. The average molecular weight is 515 g/mol. The van der Waals surface area contributed by atoms with Gasteiger partial charge in [-0.05, 0) is 35.9 Å². The number of amides is 2. The number of hydrogen-bond donors (Lipinski definition) is 4. The standard InChI is InChI=1S/C26H30N10O2/c1-18(37)30-20-10-7-11-21(16-20)31-32-22-12-13-27-23(17-22)26(38)29-15-14-28-24(19-8-5-4-6-9-19)25-33-35(2)36(3)34-25/h4-13,16-17,24,28H,14-15H2,1-3H3,(H,29,38)(H,30,37)(H,33,34). The second-order valence-electron chi connectivity index (χ2n) is 8.49. The van der Waals surface area contributed by atoms with E-state index >= 15 is 0 Å². The number of hydrazone groups is 1. The van der Waals surface area contributed by atoms with Crippen LogP contribution in [-0.2, 0) is 4.79 Å². The minimum atomic E-state index is -0.316. The maximum absolute atomic E-state index is 12.7. The Balaban J connectivity index is 1.33. The fourth-order valence-corrected chi connectivity index (χ4v) is 3.68. The molecule has 196 valence electrons. The van der Waals surface area contributed by atoms with Crippen molar-refractivity contribution >= 4 is 34.7 Å². The molecule has 4 rings (SSSR count). The van der Waals surface area contributed by atoms with Crippen molar-refractivity contribution in [3.63, 3.8) is 0 Å². The lowest BCUT2D eigenvalue weighted by molar-refractivity contribution is -0.114. The van der Waals surface area contributed by atoms with Crippen molar-refractivity contribution in [2.75, 3.05) is 32.5 Å². The molecule has 4 N–H and O–H groups in total. The molecule has 2 aromatic carbocycles. The summed E-state index contributed by atoms with van der Waals surface area (Å²) in [7, 11) is 3.73. The lowest BCUT2D eigenvalue weighted by Crippen LogP contribution is -2.44. The summed E-state index contributed by atoms with van der Waals surface area (Å²) in [4.78, 5) is 28.1. The van der Waals surface area contributed by atoms with Crippen LogP contribution in [0.3, 0.4) is 0 Å². The Labute approximate surface area is 220 Å². The van der Waals surface area contributed by atoms with Gasteiger partial charge >= 0.3 is 0 Å². The number of pyridine rings is 1. The van der Waals surface area contributed by atoms with Crippen LogP contribution in [0.15, 0.2) is 88.3 Å². The van der Waals surface area contributed by atoms with Crippen molar-refractivity contribution in [1.29, 1.82) is 0 Å². The number of nitrogens with zero attached hydrogens (tertiary/aromatic N) is 6. The predicted molar refractivity (Wildman–Crippen MR) is 145 cm³/mol. The normalized spacial score (nSPS) is 14.2. The van der Waals surface area contributed by atoms with Gasteiger partial charge in [0.25, 0.3) is 5.91 Å². The first kappa shape index (κ1) is 26.4. The molecule has 1 atom stereocenters. The summed E-state index contributed by atoms with van der Waals surface area (Å²) < 4.78 is 0. The summed E-state index contributed by atoms with van der Waals surface area (Å²) >= 11 is 0. The van der Waals surface area contributed by atoms with Crippen LogP contribution in [0.1, 0.15) is 29.0 Å². The highest BCUT2D eigenvalue weighted by atomic mass is 16.2. The fourth-order valence-electron chi connectivity index (χ4n) is 3.68. The average Bonchev–Trinajstić information content (AvgIpc) is 3.25. The molecule has 0 aliphatic carbocycles. The Kier molecular flexibility index (Phi) is 8.69. The quantitative estimate of drug-likeness (QED) is 0.241. The Hall–Kier alpha value is -4.68. The second-order valence-corrected chi connectivity index (χ2v) is 8.49. The number of amidine groups is 1. The Morgan fingerprint density at radius 2 is 1.74 bits per heavy atom. The number of benzene rings is 2. The van der Waals surface area contributed by atoms with Crippen LogP contribution in [-0.4, -0.2) is 60.1 Å². The smallest absolute Gasteiger partial charge is 0.270 e. The Bertz CT molecular complexity index is 1330. The fraction of sp³-hybridized carbons (Fsp3) is 0.231. The zero-order chi connectivity index (χ0) is 26.9. The molecule has 3 aromatic rings. The van der Waals surface area contributed by atoms with E-state index < -0.39 is 0 Å². The van der Waals surface area contributed by atoms with Gasteiger partial charge in [0.05, 0.1) is 17.4 Å². The maximum Gasteiger partial charge on any atom is 0.270 e. The molecule has 2 heterocycles. The van der Waals surface area contributed by atoms with E-state index in [4.69, 9.17) is 0 Å². The van der Waals surface area contributed by atoms with E-state index in [0.29, 0.717) is 30.2 Å². The molecular weight excluding hydrogens is 484 g/mol. The van der Waals surface area contributed by atoms with Crippen molar-refractivity contribution in [2.24, 2.45) is 15.3 Å². The van der Waals surface area contributed by atoms with Crippen molar-refractivity contribution in [3.8, 4) is 0 Å². The summed E-state index contributed by atoms with van der Waals surface area (Å²) in [5.74, 6) is 0.275. The monoisotopic (exact) mass is 514 g/mol. The minimum Gasteiger partial charge on any atom is -0.349 e. The second kappa shape index (κ2) is 12.5. The van der Waals surface area contributed by atoms with Crippen LogP contribution in [0.25, 0.3) is 0 Å². The molecule has 1 aliphatic heterocycles. The van der Waals surface area contributed by atoms with Crippen molar-refractivity contribution < 1.29 is 9.59 Å². The van der Waals surface area contributed by atoms with Gasteiger partial charge < -0.3 is 16.0 Å². The van der Waals surface area contributed by atoms with Gasteiger partial charge in [-0.1, -0.05) is 36.4 Å². The summed E-state index contributed by atoms with van der Waals surface area (Å²) in [6, 6.07) is 20.0. The molecule has 0 saturated heterocycles. The van der Waals surface area contributed by atoms with Gasteiger partial charge in [0.15, 0.2) is 5.84 Å². The van der Waals surface area contributed by atoms with Gasteiger partial charge in [0.2, 0.25) is 5.91 Å². The van der Waals surface area contributed by atoms with Gasteiger partial charge in [0, 0.05) is 46.0 Å². The number of carbonyl (C=O) groups is 2. The molecule has 0 spiro atoms. The highest BCUT2D eigenvalue weighted by Crippen LogP contribution is 2.22. The number of hydrogen-bond acceptors (Lipinski definition) is 10. The van der Waals surface area contributed by atoms with Gasteiger partial charge in [0.1, 0.15) is 5.69 Å². The third kappa shape index (κ3) is 7.18. The first-order valence-electron chi connectivity index (χ1n) is 12.0. The van der Waals surface area contributed by atoms with E-state index in [2.05, 4.69) is 41.7 Å². The van der Waals surface area contributed by atoms with Crippen LogP contribution < -0.4 is 21.4 Å². The summed E-state index contributed by atoms with van der Waals surface area (Å²) in [6.45, 7) is 2.32. The topological polar surface area (TPSA) is 139 Å². The van der Waals surface area contributed by atoms with Gasteiger partial charge in [-0.15, -0.1) is 10.2 Å².